The maximum Gasteiger partial charge on any atom is 0.126 e. The number of pyridine rings is 2. The highest BCUT2D eigenvalue weighted by molar-refractivity contribution is 5.67. The van der Waals surface area contributed by atoms with Gasteiger partial charge in [0.1, 0.15) is 11.6 Å². The molecule has 1 saturated carbocycles. The Kier molecular flexibility index (Phi) is 5.18. The van der Waals surface area contributed by atoms with E-state index in [1.54, 1.807) is 0 Å². The van der Waals surface area contributed by atoms with Crippen molar-refractivity contribution >= 4 is 11.6 Å². The number of nitriles is 1. The minimum atomic E-state index is -0.248. The number of aromatic nitrogens is 2. The van der Waals surface area contributed by atoms with Crippen LogP contribution in [0.5, 0.6) is 0 Å². The summed E-state index contributed by atoms with van der Waals surface area (Å²) in [5, 5.41) is 16.1. The van der Waals surface area contributed by atoms with Crippen molar-refractivity contribution in [1.29, 1.82) is 5.26 Å². The van der Waals surface area contributed by atoms with Crippen molar-refractivity contribution in [3.05, 3.63) is 36.0 Å². The van der Waals surface area contributed by atoms with Gasteiger partial charge >= 0.3 is 0 Å². The third-order valence-electron chi connectivity index (χ3n) is 5.04. The van der Waals surface area contributed by atoms with Crippen molar-refractivity contribution in [3.8, 4) is 17.3 Å². The summed E-state index contributed by atoms with van der Waals surface area (Å²) in [7, 11) is 1.86. The highest BCUT2D eigenvalue weighted by Gasteiger charge is 2.31. The second-order valence-electron chi connectivity index (χ2n) is 6.85. The summed E-state index contributed by atoms with van der Waals surface area (Å²) < 4.78 is 0. The predicted octanol–water partition coefficient (Wildman–Crippen LogP) is 4.38. The molecule has 25 heavy (non-hydrogen) atoms. The molecule has 0 radical (unpaired) electrons. The number of rotatable bonds is 5. The Morgan fingerprint density at radius 1 is 1.20 bits per heavy atom. The lowest BCUT2D eigenvalue weighted by Gasteiger charge is -2.30. The molecule has 1 aliphatic rings. The highest BCUT2D eigenvalue weighted by Crippen LogP contribution is 2.35. The fourth-order valence-electron chi connectivity index (χ4n) is 3.44. The molecule has 1 fully saturated rings. The molecule has 3 rings (SSSR count). The van der Waals surface area contributed by atoms with E-state index >= 15 is 0 Å². The lowest BCUT2D eigenvalue weighted by molar-refractivity contribution is 0.284. The van der Waals surface area contributed by atoms with Crippen LogP contribution in [0, 0.1) is 23.7 Å². The van der Waals surface area contributed by atoms with E-state index in [4.69, 9.17) is 4.98 Å². The summed E-state index contributed by atoms with van der Waals surface area (Å²) in [5.74, 6) is 1.64. The molecule has 130 valence electrons. The van der Waals surface area contributed by atoms with Crippen molar-refractivity contribution in [3.63, 3.8) is 0 Å². The van der Waals surface area contributed by atoms with Crippen LogP contribution in [-0.2, 0) is 0 Å². The van der Waals surface area contributed by atoms with Gasteiger partial charge < -0.3 is 10.6 Å². The Balaban J connectivity index is 1.79. The molecule has 0 bridgehead atoms. The average Bonchev–Trinajstić information content (AvgIpc) is 2.68. The molecule has 0 atom stereocenters. The zero-order chi connectivity index (χ0) is 17.7. The summed E-state index contributed by atoms with van der Waals surface area (Å²) in [6.45, 7) is 2.70. The molecule has 5 heteroatoms. The van der Waals surface area contributed by atoms with Crippen molar-refractivity contribution in [2.24, 2.45) is 5.41 Å². The monoisotopic (exact) mass is 335 g/mol. The van der Waals surface area contributed by atoms with Crippen LogP contribution in [0.25, 0.3) is 11.3 Å². The first kappa shape index (κ1) is 17.2. The molecular weight excluding hydrogens is 310 g/mol. The van der Waals surface area contributed by atoms with Gasteiger partial charge in [-0.25, -0.2) is 9.97 Å². The summed E-state index contributed by atoms with van der Waals surface area (Å²) in [6, 6.07) is 10.5. The van der Waals surface area contributed by atoms with E-state index in [1.807, 2.05) is 44.4 Å². The van der Waals surface area contributed by atoms with E-state index in [9.17, 15) is 5.26 Å². The molecule has 0 aliphatic heterocycles. The largest absolute Gasteiger partial charge is 0.373 e. The van der Waals surface area contributed by atoms with Crippen LogP contribution in [0.1, 0.15) is 37.7 Å². The third kappa shape index (κ3) is 3.90. The summed E-state index contributed by atoms with van der Waals surface area (Å²) in [5.41, 5.74) is 2.82. The summed E-state index contributed by atoms with van der Waals surface area (Å²) in [4.78, 5) is 9.09. The van der Waals surface area contributed by atoms with Crippen LogP contribution in [0.3, 0.4) is 0 Å². The SMILES string of the molecule is CNc1cc(-c2cccc(NCC3(C#N)CCCCC3)n2)c(C)cn1. The molecule has 2 aromatic heterocycles. The maximum atomic E-state index is 9.62. The molecule has 0 saturated heterocycles. The molecule has 0 aromatic carbocycles. The van der Waals surface area contributed by atoms with Gasteiger partial charge in [-0.3, -0.25) is 0 Å². The summed E-state index contributed by atoms with van der Waals surface area (Å²) >= 11 is 0. The quantitative estimate of drug-likeness (QED) is 0.848. The van der Waals surface area contributed by atoms with Gasteiger partial charge in [-0.1, -0.05) is 25.3 Å². The van der Waals surface area contributed by atoms with Crippen molar-refractivity contribution in [2.75, 3.05) is 24.2 Å². The molecule has 2 aromatic rings. The van der Waals surface area contributed by atoms with Gasteiger partial charge in [0.25, 0.3) is 0 Å². The molecule has 2 heterocycles. The smallest absolute Gasteiger partial charge is 0.126 e. The van der Waals surface area contributed by atoms with Gasteiger partial charge in [-0.15, -0.1) is 0 Å². The first-order valence-corrected chi connectivity index (χ1v) is 8.93. The molecule has 0 unspecified atom stereocenters. The van der Waals surface area contributed by atoms with Crippen LogP contribution in [-0.4, -0.2) is 23.6 Å². The van der Waals surface area contributed by atoms with E-state index in [0.717, 1.165) is 54.1 Å². The lowest BCUT2D eigenvalue weighted by Crippen LogP contribution is -2.30. The van der Waals surface area contributed by atoms with Crippen molar-refractivity contribution in [1.82, 2.24) is 9.97 Å². The molecule has 0 spiro atoms. The van der Waals surface area contributed by atoms with Crippen molar-refractivity contribution in [2.45, 2.75) is 39.0 Å². The first-order chi connectivity index (χ1) is 12.2. The maximum absolute atomic E-state index is 9.62. The number of nitrogens with one attached hydrogen (secondary N) is 2. The lowest BCUT2D eigenvalue weighted by atomic mass is 9.75. The normalized spacial score (nSPS) is 16.0. The second-order valence-corrected chi connectivity index (χ2v) is 6.85. The van der Waals surface area contributed by atoms with Gasteiger partial charge in [0.15, 0.2) is 0 Å². The number of anilines is 2. The van der Waals surface area contributed by atoms with Gasteiger partial charge in [-0.2, -0.15) is 5.26 Å². The summed E-state index contributed by atoms with van der Waals surface area (Å²) in [6.07, 6.45) is 7.34. The van der Waals surface area contributed by atoms with Gasteiger partial charge in [0.05, 0.1) is 17.2 Å². The average molecular weight is 335 g/mol. The van der Waals surface area contributed by atoms with Crippen LogP contribution < -0.4 is 10.6 Å². The fourth-order valence-corrected chi connectivity index (χ4v) is 3.44. The fraction of sp³-hybridized carbons (Fsp3) is 0.450. The van der Waals surface area contributed by atoms with E-state index in [1.165, 1.54) is 6.42 Å². The molecule has 5 nitrogen and oxygen atoms in total. The Hall–Kier alpha value is -2.61. The minimum absolute atomic E-state index is 0.248. The van der Waals surface area contributed by atoms with Crippen LogP contribution >= 0.6 is 0 Å². The topological polar surface area (TPSA) is 73.6 Å². The standard InChI is InChI=1S/C20H25N5/c1-15-12-23-19(22-2)11-16(15)17-7-6-8-18(25-17)24-14-20(13-21)9-4-3-5-10-20/h6-8,11-12H,3-5,9-10,14H2,1-2H3,(H,22,23)(H,24,25). The Labute approximate surface area is 149 Å². The van der Waals surface area contributed by atoms with Crippen molar-refractivity contribution < 1.29 is 0 Å². The predicted molar refractivity (Wildman–Crippen MR) is 101 cm³/mol. The second kappa shape index (κ2) is 7.52. The van der Waals surface area contributed by atoms with Gasteiger partial charge in [0.2, 0.25) is 0 Å². The van der Waals surface area contributed by atoms with E-state index in [2.05, 4.69) is 21.7 Å². The zero-order valence-corrected chi connectivity index (χ0v) is 15.0. The highest BCUT2D eigenvalue weighted by atomic mass is 15.0. The van der Waals surface area contributed by atoms with Crippen LogP contribution in [0.2, 0.25) is 0 Å². The molecule has 2 N–H and O–H groups in total. The number of nitrogens with zero attached hydrogens (tertiary/aromatic N) is 3. The van der Waals surface area contributed by atoms with Gasteiger partial charge in [0, 0.05) is 25.4 Å². The number of hydrogen-bond acceptors (Lipinski definition) is 5. The van der Waals surface area contributed by atoms with E-state index in [-0.39, 0.29) is 5.41 Å². The molecular formula is C20H25N5. The van der Waals surface area contributed by atoms with E-state index < -0.39 is 0 Å². The Bertz CT molecular complexity index is 772. The third-order valence-corrected chi connectivity index (χ3v) is 5.04. The van der Waals surface area contributed by atoms with Crippen LogP contribution in [0.15, 0.2) is 30.5 Å². The Morgan fingerprint density at radius 3 is 2.72 bits per heavy atom. The first-order valence-electron chi connectivity index (χ1n) is 8.93. The number of hydrogen-bond donors (Lipinski definition) is 2. The Morgan fingerprint density at radius 2 is 2.00 bits per heavy atom. The molecule has 1 aliphatic carbocycles. The van der Waals surface area contributed by atoms with Gasteiger partial charge in [-0.05, 0) is 43.5 Å². The zero-order valence-electron chi connectivity index (χ0n) is 15.0. The van der Waals surface area contributed by atoms with E-state index in [0.29, 0.717) is 6.54 Å². The van der Waals surface area contributed by atoms with Crippen LogP contribution in [0.4, 0.5) is 11.6 Å². The minimum Gasteiger partial charge on any atom is -0.373 e. The number of aryl methyl sites for hydroxylation is 1. The molecule has 0 amide bonds.